The Morgan fingerprint density at radius 1 is 0.216 bits per heavy atom. The predicted molar refractivity (Wildman–Crippen MR) is 591 cm³/mol. The van der Waals surface area contributed by atoms with Gasteiger partial charge in [-0.3, -0.25) is 4.98 Å². The molecule has 0 saturated carbocycles. The molecule has 728 valence electrons. The summed E-state index contributed by atoms with van der Waals surface area (Å²) < 4.78 is 28.2. The molecule has 0 aliphatic heterocycles. The van der Waals surface area contributed by atoms with Crippen LogP contribution >= 0.6 is 0 Å². The van der Waals surface area contributed by atoms with Crippen molar-refractivity contribution in [3.8, 4) is 135 Å². The van der Waals surface area contributed by atoms with E-state index in [1.54, 1.807) is 30.7 Å². The molecule has 0 aliphatic carbocycles. The minimum atomic E-state index is -2.09. The Kier molecular flexibility index (Phi) is 38.1. The molecule has 0 bridgehead atoms. The number of pyridine rings is 9. The number of nitrogens with zero attached hydrogens (tertiary/aromatic N) is 9. The SMILES string of the molecule is Cc1cc(-c2[c-]cccc2)ncc1-c1cccc2c1oc1ccccc12.Cc1cc(-c2[c-]cccc2)ncc1-c1nccc2ccccc12.Cc1ccc2ccccc2c1-c1ccc(-c2[c-]cccc2)nc1.Cc1cnc(-c2[c-]cccc2)cc1-c1cccc2ccccc12.[2H]C([2H])([2H])c1ccnc(-c2[c-]cccc2)c1.[Ir].[Ir].[Ir].[Ir].[c-]1ccccc1-c1ccccn1.[c-]1ccccc1-c1ccccn1.[c-]1ccccc1-c1ccccn1. The predicted octanol–water partition coefficient (Wildman–Crippen LogP) is 33.3. The molecule has 10 heterocycles. The van der Waals surface area contributed by atoms with E-state index < -0.39 is 6.85 Å². The summed E-state index contributed by atoms with van der Waals surface area (Å²) in [5, 5.41) is 9.68. The van der Waals surface area contributed by atoms with Crippen LogP contribution in [0.2, 0.25) is 0 Å². The number of furan rings is 1. The number of para-hydroxylation sites is 2. The molecule has 0 spiro atoms. The smallest absolute Gasteiger partial charge is 0.143 e. The van der Waals surface area contributed by atoms with Crippen molar-refractivity contribution in [2.45, 2.75) is 34.5 Å². The number of aromatic nitrogens is 9. The van der Waals surface area contributed by atoms with Crippen molar-refractivity contribution in [3.05, 3.63) is 575 Å². The monoisotopic (exact) mass is 2620 g/mol. The number of aryl methyl sites for hydroxylation is 5. The van der Waals surface area contributed by atoms with E-state index in [2.05, 4.69) is 267 Å². The number of benzene rings is 15. The largest absolute Gasteiger partial charge is 0.455 e. The second kappa shape index (κ2) is 54.7. The van der Waals surface area contributed by atoms with Gasteiger partial charge in [0.05, 0.1) is 5.69 Å². The summed E-state index contributed by atoms with van der Waals surface area (Å²) in [7, 11) is 0. The fraction of sp³-hybridized carbons (Fsp3) is 0.0373. The van der Waals surface area contributed by atoms with E-state index in [9.17, 15) is 0 Å². The molecule has 0 N–H and O–H groups in total. The van der Waals surface area contributed by atoms with Gasteiger partial charge in [0.15, 0.2) is 0 Å². The summed E-state index contributed by atoms with van der Waals surface area (Å²) in [6.45, 7) is 6.40. The molecule has 0 amide bonds. The molecule has 148 heavy (non-hydrogen) atoms. The first-order chi connectivity index (χ1) is 72.3. The van der Waals surface area contributed by atoms with Gasteiger partial charge in [0, 0.05) is 173 Å². The maximum Gasteiger partial charge on any atom is 0.143 e. The van der Waals surface area contributed by atoms with E-state index in [-0.39, 0.29) is 80.4 Å². The summed E-state index contributed by atoms with van der Waals surface area (Å²) in [4.78, 5) is 39.9. The van der Waals surface area contributed by atoms with Gasteiger partial charge in [-0.1, -0.05) is 218 Å². The first-order valence-corrected chi connectivity index (χ1v) is 47.3. The van der Waals surface area contributed by atoms with E-state index in [0.717, 1.165) is 145 Å². The molecule has 0 aliphatic rings. The average Bonchev–Trinajstić information content (AvgIpc) is 1.77. The van der Waals surface area contributed by atoms with E-state index >= 15 is 0 Å². The molecular formula is C134H97Ir4N9O-8. The van der Waals surface area contributed by atoms with Crippen molar-refractivity contribution in [1.82, 2.24) is 44.9 Å². The van der Waals surface area contributed by atoms with Gasteiger partial charge < -0.3 is 44.3 Å². The quantitative estimate of drug-likeness (QED) is 0.109. The molecule has 10 aromatic heterocycles. The molecule has 0 saturated heterocycles. The molecule has 0 unspecified atom stereocenters. The standard InChI is InChI=1S/C24H16NO.2C22H16N.C21H15N2.C12H10N.3C11H8N.4Ir/c1-16-14-22(17-8-3-2-4-9-17)25-15-21(16)20-12-7-11-19-18-10-5-6-13-23(18)26-24(19)20;1-16-15-23-22(18-9-3-2-4-10-18)14-21(16)20-13-7-11-17-8-5-6-12-19(17)20;1-16-11-12-17-7-5-6-10-20(17)22(16)19-13-14-21(23-15-19)18-8-3-2-4-9-18;1-15-13-20(17-8-3-2-4-9-17)23-14-19(15)21-18-10-6-5-7-16(18)11-12-22-21;1-10-7-8-13-12(9-10)11-5-3-2-4-6-11;3*1-2-6-10(7-3-1)11-8-4-5-9-12-11;;;;/h2-8,10-15H,1H3;2-9,11-15H,1H3;2-8,10-15H,1H3;2-8,10-14H,1H3;2-5,7-9H,1H3;3*1-6,8-9H;;;;/q8*-1;;;;/i;;;;1D3;;;;;;;. The Labute approximate surface area is 924 Å². The molecule has 0 fully saturated rings. The Balaban J connectivity index is 0.000000137. The topological polar surface area (TPSA) is 129 Å². The van der Waals surface area contributed by atoms with Gasteiger partial charge in [-0.15, -0.1) is 287 Å². The zero-order chi connectivity index (χ0) is 101. The van der Waals surface area contributed by atoms with Crippen molar-refractivity contribution in [1.29, 1.82) is 0 Å². The van der Waals surface area contributed by atoms with Gasteiger partial charge in [-0.05, 0) is 188 Å². The molecule has 25 rings (SSSR count). The third-order valence-corrected chi connectivity index (χ3v) is 23.9. The van der Waals surface area contributed by atoms with Crippen molar-refractivity contribution >= 4 is 54.3 Å². The third kappa shape index (κ3) is 27.9. The van der Waals surface area contributed by atoms with Crippen LogP contribution in [0.5, 0.6) is 0 Å². The number of rotatable bonds is 12. The van der Waals surface area contributed by atoms with Crippen molar-refractivity contribution in [2.24, 2.45) is 0 Å². The summed E-state index contributed by atoms with van der Waals surface area (Å²) in [6.07, 6.45) is 16.5. The van der Waals surface area contributed by atoms with Crippen LogP contribution in [-0.2, 0) is 80.4 Å². The van der Waals surface area contributed by atoms with Crippen LogP contribution in [0.15, 0.2) is 503 Å². The van der Waals surface area contributed by atoms with Crippen LogP contribution in [0.25, 0.3) is 189 Å². The molecular weight excluding hydrogens is 2520 g/mol. The van der Waals surface area contributed by atoms with E-state index in [4.69, 9.17) is 8.53 Å². The van der Waals surface area contributed by atoms with Crippen LogP contribution in [0.4, 0.5) is 0 Å². The minimum absolute atomic E-state index is 0. The first-order valence-electron chi connectivity index (χ1n) is 48.8. The Bertz CT molecular complexity index is 8290. The first kappa shape index (κ1) is 103. The average molecular weight is 2620 g/mol. The van der Waals surface area contributed by atoms with Gasteiger partial charge in [0.1, 0.15) is 11.2 Å². The van der Waals surface area contributed by atoms with Crippen LogP contribution in [-0.4, -0.2) is 44.9 Å². The number of fused-ring (bicyclic) bond motifs is 6. The van der Waals surface area contributed by atoms with E-state index in [1.807, 2.05) is 310 Å². The summed E-state index contributed by atoms with van der Waals surface area (Å²) in [5.74, 6) is 0. The van der Waals surface area contributed by atoms with Gasteiger partial charge >= 0.3 is 0 Å². The zero-order valence-corrected chi connectivity index (χ0v) is 90.7. The van der Waals surface area contributed by atoms with Crippen LogP contribution in [0.3, 0.4) is 0 Å². The van der Waals surface area contributed by atoms with Crippen molar-refractivity contribution in [2.75, 3.05) is 0 Å². The Morgan fingerprint density at radius 3 is 1.04 bits per heavy atom. The number of hydrogen-bond donors (Lipinski definition) is 0. The molecule has 0 atom stereocenters. The minimum Gasteiger partial charge on any atom is -0.455 e. The van der Waals surface area contributed by atoms with Gasteiger partial charge in [-0.2, -0.15) is 0 Å². The zero-order valence-electron chi connectivity index (χ0n) is 84.1. The van der Waals surface area contributed by atoms with Crippen molar-refractivity contribution in [3.63, 3.8) is 0 Å². The Morgan fingerprint density at radius 2 is 0.581 bits per heavy atom. The Hall–Kier alpha value is -16.2. The maximum absolute atomic E-state index is 7.33. The second-order valence-electron chi connectivity index (χ2n) is 33.5. The van der Waals surface area contributed by atoms with Gasteiger partial charge in [-0.25, -0.2) is 0 Å². The number of hydrogen-bond acceptors (Lipinski definition) is 10. The van der Waals surface area contributed by atoms with E-state index in [1.165, 1.54) is 72.6 Å². The van der Waals surface area contributed by atoms with Crippen LogP contribution in [0, 0.1) is 83.1 Å². The van der Waals surface area contributed by atoms with E-state index in [0.29, 0.717) is 11.3 Å². The molecule has 10 nitrogen and oxygen atoms in total. The summed E-state index contributed by atoms with van der Waals surface area (Å²) >= 11 is 0. The summed E-state index contributed by atoms with van der Waals surface area (Å²) in [5.41, 5.74) is 31.3. The molecule has 4 radical (unpaired) electrons. The maximum atomic E-state index is 7.33. The fourth-order valence-electron chi connectivity index (χ4n) is 16.7. The van der Waals surface area contributed by atoms with Gasteiger partial charge in [0.25, 0.3) is 0 Å². The third-order valence-electron chi connectivity index (χ3n) is 23.9. The second-order valence-corrected chi connectivity index (χ2v) is 33.5. The van der Waals surface area contributed by atoms with Crippen LogP contribution in [0.1, 0.15) is 31.9 Å². The van der Waals surface area contributed by atoms with Crippen molar-refractivity contribution < 1.29 is 89.0 Å². The summed E-state index contributed by atoms with van der Waals surface area (Å²) in [6, 6.07) is 172. The molecule has 14 heteroatoms. The fourth-order valence-corrected chi connectivity index (χ4v) is 16.7. The normalized spacial score (nSPS) is 10.6. The van der Waals surface area contributed by atoms with Gasteiger partial charge in [0.2, 0.25) is 0 Å². The molecule has 15 aromatic carbocycles. The molecule has 25 aromatic rings. The van der Waals surface area contributed by atoms with Crippen LogP contribution < -0.4 is 0 Å².